The molecule has 3 N–H and O–H groups in total. The van der Waals surface area contributed by atoms with Crippen molar-refractivity contribution in [2.75, 3.05) is 0 Å². The van der Waals surface area contributed by atoms with E-state index in [1.54, 1.807) is 0 Å². The molecule has 0 radical (unpaired) electrons. The van der Waals surface area contributed by atoms with Crippen LogP contribution in [0.1, 0.15) is 32.6 Å². The Balaban J connectivity index is 2.09. The fourth-order valence-corrected chi connectivity index (χ4v) is 1.13. The highest BCUT2D eigenvalue weighted by Crippen LogP contribution is 2.17. The minimum absolute atomic E-state index is 0.0184. The van der Waals surface area contributed by atoms with Crippen molar-refractivity contribution in [1.82, 2.24) is 5.32 Å². The predicted octanol–water partition coefficient (Wildman–Crippen LogP) is 0.392. The second-order valence-corrected chi connectivity index (χ2v) is 3.38. The SMILES string of the molecule is C[C@@H](N)CC(=O)NC1CCC1. The largest absolute Gasteiger partial charge is 0.353 e. The van der Waals surface area contributed by atoms with E-state index >= 15 is 0 Å². The molecule has 3 nitrogen and oxygen atoms in total. The van der Waals surface area contributed by atoms with Gasteiger partial charge in [-0.05, 0) is 26.2 Å². The molecule has 0 bridgehead atoms. The molecule has 0 saturated heterocycles. The number of hydrogen-bond acceptors (Lipinski definition) is 2. The van der Waals surface area contributed by atoms with E-state index in [0.29, 0.717) is 12.5 Å². The van der Waals surface area contributed by atoms with Crippen LogP contribution in [0.2, 0.25) is 0 Å². The number of rotatable bonds is 3. The maximum atomic E-state index is 11.1. The molecule has 1 rings (SSSR count). The van der Waals surface area contributed by atoms with Gasteiger partial charge in [0.25, 0.3) is 0 Å². The lowest BCUT2D eigenvalue weighted by molar-refractivity contribution is -0.122. The van der Waals surface area contributed by atoms with E-state index in [1.807, 2.05) is 6.92 Å². The monoisotopic (exact) mass is 156 g/mol. The van der Waals surface area contributed by atoms with Gasteiger partial charge in [0.05, 0.1) is 0 Å². The lowest BCUT2D eigenvalue weighted by Crippen LogP contribution is -2.41. The zero-order chi connectivity index (χ0) is 8.27. The number of nitrogens with one attached hydrogen (secondary N) is 1. The van der Waals surface area contributed by atoms with E-state index in [2.05, 4.69) is 5.32 Å². The van der Waals surface area contributed by atoms with Crippen LogP contribution >= 0.6 is 0 Å². The molecule has 0 unspecified atom stereocenters. The van der Waals surface area contributed by atoms with Crippen LogP contribution in [0.4, 0.5) is 0 Å². The Hall–Kier alpha value is -0.570. The molecule has 0 aromatic heterocycles. The van der Waals surface area contributed by atoms with Gasteiger partial charge in [-0.15, -0.1) is 0 Å². The van der Waals surface area contributed by atoms with Crippen molar-refractivity contribution in [2.24, 2.45) is 5.73 Å². The molecule has 1 aliphatic carbocycles. The van der Waals surface area contributed by atoms with E-state index < -0.39 is 0 Å². The third kappa shape index (κ3) is 2.89. The van der Waals surface area contributed by atoms with Crippen molar-refractivity contribution < 1.29 is 4.79 Å². The fourth-order valence-electron chi connectivity index (χ4n) is 1.13. The highest BCUT2D eigenvalue weighted by atomic mass is 16.1. The Morgan fingerprint density at radius 1 is 1.73 bits per heavy atom. The van der Waals surface area contributed by atoms with Gasteiger partial charge < -0.3 is 11.1 Å². The summed E-state index contributed by atoms with van der Waals surface area (Å²) in [5, 5.41) is 2.93. The van der Waals surface area contributed by atoms with E-state index in [9.17, 15) is 4.79 Å². The third-order valence-electron chi connectivity index (χ3n) is 1.98. The van der Waals surface area contributed by atoms with Crippen LogP contribution < -0.4 is 11.1 Å². The van der Waals surface area contributed by atoms with Crippen LogP contribution in [0.5, 0.6) is 0 Å². The van der Waals surface area contributed by atoms with Crippen molar-refractivity contribution in [2.45, 2.75) is 44.7 Å². The molecule has 11 heavy (non-hydrogen) atoms. The summed E-state index contributed by atoms with van der Waals surface area (Å²) in [7, 11) is 0. The van der Waals surface area contributed by atoms with Crippen molar-refractivity contribution in [1.29, 1.82) is 0 Å². The van der Waals surface area contributed by atoms with Gasteiger partial charge in [-0.25, -0.2) is 0 Å². The molecule has 1 fully saturated rings. The second kappa shape index (κ2) is 3.72. The highest BCUT2D eigenvalue weighted by molar-refractivity contribution is 5.76. The first-order chi connectivity index (χ1) is 5.18. The normalized spacial score (nSPS) is 20.5. The lowest BCUT2D eigenvalue weighted by atomic mass is 9.93. The van der Waals surface area contributed by atoms with Crippen molar-refractivity contribution in [3.63, 3.8) is 0 Å². The van der Waals surface area contributed by atoms with Crippen molar-refractivity contribution >= 4 is 5.91 Å². The Morgan fingerprint density at radius 3 is 2.73 bits per heavy atom. The summed E-state index contributed by atoms with van der Waals surface area (Å²) >= 11 is 0. The maximum Gasteiger partial charge on any atom is 0.221 e. The van der Waals surface area contributed by atoms with Crippen LogP contribution in [0.25, 0.3) is 0 Å². The molecule has 1 amide bonds. The maximum absolute atomic E-state index is 11.1. The molecule has 3 heteroatoms. The van der Waals surface area contributed by atoms with Gasteiger partial charge in [-0.2, -0.15) is 0 Å². The van der Waals surface area contributed by atoms with Gasteiger partial charge >= 0.3 is 0 Å². The minimum atomic E-state index is -0.0184. The molecule has 64 valence electrons. The third-order valence-corrected chi connectivity index (χ3v) is 1.98. The van der Waals surface area contributed by atoms with Gasteiger partial charge in [0.1, 0.15) is 0 Å². The highest BCUT2D eigenvalue weighted by Gasteiger charge is 2.19. The molecule has 0 aromatic carbocycles. The smallest absolute Gasteiger partial charge is 0.221 e. The van der Waals surface area contributed by atoms with Crippen LogP contribution in [-0.4, -0.2) is 18.0 Å². The number of carbonyl (C=O) groups is 1. The van der Waals surface area contributed by atoms with E-state index in [0.717, 1.165) is 12.8 Å². The number of hydrogen-bond donors (Lipinski definition) is 2. The Bertz CT molecular complexity index is 141. The first kappa shape index (κ1) is 8.53. The van der Waals surface area contributed by atoms with E-state index in [4.69, 9.17) is 5.73 Å². The predicted molar refractivity (Wildman–Crippen MR) is 44.0 cm³/mol. The van der Waals surface area contributed by atoms with Crippen LogP contribution in [0.15, 0.2) is 0 Å². The van der Waals surface area contributed by atoms with Gasteiger partial charge in [0, 0.05) is 18.5 Å². The number of nitrogens with two attached hydrogens (primary N) is 1. The zero-order valence-electron chi connectivity index (χ0n) is 6.97. The molecule has 0 aliphatic heterocycles. The van der Waals surface area contributed by atoms with Crippen LogP contribution in [0.3, 0.4) is 0 Å². The van der Waals surface area contributed by atoms with E-state index in [1.165, 1.54) is 6.42 Å². The molecular weight excluding hydrogens is 140 g/mol. The van der Waals surface area contributed by atoms with Crippen molar-refractivity contribution in [3.8, 4) is 0 Å². The first-order valence-corrected chi connectivity index (χ1v) is 4.23. The summed E-state index contributed by atoms with van der Waals surface area (Å²) in [4.78, 5) is 11.1. The van der Waals surface area contributed by atoms with Gasteiger partial charge in [0.2, 0.25) is 5.91 Å². The van der Waals surface area contributed by atoms with Gasteiger partial charge in [-0.3, -0.25) is 4.79 Å². The van der Waals surface area contributed by atoms with Crippen LogP contribution in [-0.2, 0) is 4.79 Å². The lowest BCUT2D eigenvalue weighted by Gasteiger charge is -2.26. The summed E-state index contributed by atoms with van der Waals surface area (Å²) in [6.45, 7) is 1.85. The quantitative estimate of drug-likeness (QED) is 0.621. The summed E-state index contributed by atoms with van der Waals surface area (Å²) in [5.74, 6) is 0.102. The van der Waals surface area contributed by atoms with Gasteiger partial charge in [0.15, 0.2) is 0 Å². The zero-order valence-corrected chi connectivity index (χ0v) is 6.97. The Labute approximate surface area is 67.3 Å². The molecule has 0 heterocycles. The molecular formula is C8H16N2O. The molecule has 1 aliphatic rings. The summed E-state index contributed by atoms with van der Waals surface area (Å²) < 4.78 is 0. The molecule has 0 spiro atoms. The minimum Gasteiger partial charge on any atom is -0.353 e. The summed E-state index contributed by atoms with van der Waals surface area (Å²) in [5.41, 5.74) is 5.47. The fraction of sp³-hybridized carbons (Fsp3) is 0.875. The Morgan fingerprint density at radius 2 is 2.36 bits per heavy atom. The second-order valence-electron chi connectivity index (χ2n) is 3.38. The first-order valence-electron chi connectivity index (χ1n) is 4.23. The topological polar surface area (TPSA) is 55.1 Å². The number of amides is 1. The van der Waals surface area contributed by atoms with Crippen LogP contribution in [0, 0.1) is 0 Å². The van der Waals surface area contributed by atoms with Gasteiger partial charge in [-0.1, -0.05) is 0 Å². The molecule has 0 aromatic rings. The average Bonchev–Trinajstić information content (AvgIpc) is 1.77. The number of carbonyl (C=O) groups excluding carboxylic acids is 1. The standard InChI is InChI=1S/C8H16N2O/c1-6(9)5-8(11)10-7-3-2-4-7/h6-7H,2-5,9H2,1H3,(H,10,11)/t6-/m1/s1. The van der Waals surface area contributed by atoms with E-state index in [-0.39, 0.29) is 11.9 Å². The Kier molecular flexibility index (Phi) is 2.88. The molecule has 1 saturated carbocycles. The van der Waals surface area contributed by atoms with Crippen molar-refractivity contribution in [3.05, 3.63) is 0 Å². The molecule has 1 atom stereocenters. The average molecular weight is 156 g/mol. The summed E-state index contributed by atoms with van der Waals surface area (Å²) in [6.07, 6.45) is 4.00. The summed E-state index contributed by atoms with van der Waals surface area (Å²) in [6, 6.07) is 0.427.